The summed E-state index contributed by atoms with van der Waals surface area (Å²) in [6, 6.07) is 7.95. The molecule has 0 N–H and O–H groups in total. The molecule has 4 rings (SSSR count). The van der Waals surface area contributed by atoms with Gasteiger partial charge in [0.2, 0.25) is 5.88 Å². The molecule has 0 amide bonds. The molecular formula is C17H19N3OS. The molecule has 1 aliphatic heterocycles. The number of rotatable bonds is 3. The number of hydrogen-bond donors (Lipinski definition) is 0. The van der Waals surface area contributed by atoms with E-state index < -0.39 is 0 Å². The van der Waals surface area contributed by atoms with Crippen molar-refractivity contribution in [3.05, 3.63) is 42.0 Å². The Labute approximate surface area is 133 Å². The SMILES string of the molecule is Cc1ccc(-n2c(CC3CCCSC3)nc3cccnc32)o1. The average Bonchev–Trinajstić information content (AvgIpc) is 3.11. The van der Waals surface area contributed by atoms with E-state index in [4.69, 9.17) is 9.40 Å². The second kappa shape index (κ2) is 5.80. The second-order valence-corrected chi connectivity index (χ2v) is 7.03. The second-order valence-electron chi connectivity index (χ2n) is 5.88. The normalized spacial score (nSPS) is 18.9. The summed E-state index contributed by atoms with van der Waals surface area (Å²) in [4.78, 5) is 9.34. The fraction of sp³-hybridized carbons (Fsp3) is 0.412. The van der Waals surface area contributed by atoms with Crippen molar-refractivity contribution in [1.29, 1.82) is 0 Å². The molecule has 4 nitrogen and oxygen atoms in total. The summed E-state index contributed by atoms with van der Waals surface area (Å²) in [5, 5.41) is 0. The summed E-state index contributed by atoms with van der Waals surface area (Å²) < 4.78 is 7.93. The highest BCUT2D eigenvalue weighted by atomic mass is 32.2. The maximum absolute atomic E-state index is 5.84. The molecule has 0 spiro atoms. The molecule has 0 aromatic carbocycles. The van der Waals surface area contributed by atoms with Gasteiger partial charge in [0, 0.05) is 18.7 Å². The smallest absolute Gasteiger partial charge is 0.206 e. The van der Waals surface area contributed by atoms with Crippen molar-refractivity contribution in [2.45, 2.75) is 26.2 Å². The van der Waals surface area contributed by atoms with Crippen LogP contribution in [0.3, 0.4) is 0 Å². The third-order valence-electron chi connectivity index (χ3n) is 4.16. The van der Waals surface area contributed by atoms with Gasteiger partial charge in [-0.05, 0) is 55.4 Å². The summed E-state index contributed by atoms with van der Waals surface area (Å²) in [7, 11) is 0. The van der Waals surface area contributed by atoms with Crippen LogP contribution >= 0.6 is 11.8 Å². The molecule has 22 heavy (non-hydrogen) atoms. The lowest BCUT2D eigenvalue weighted by molar-refractivity contribution is 0.482. The van der Waals surface area contributed by atoms with Crippen molar-refractivity contribution in [2.75, 3.05) is 11.5 Å². The zero-order chi connectivity index (χ0) is 14.9. The Morgan fingerprint density at radius 2 is 2.32 bits per heavy atom. The molecule has 3 aromatic heterocycles. The van der Waals surface area contributed by atoms with Gasteiger partial charge >= 0.3 is 0 Å². The van der Waals surface area contributed by atoms with Crippen LogP contribution in [0.4, 0.5) is 0 Å². The van der Waals surface area contributed by atoms with Crippen LogP contribution in [0.2, 0.25) is 0 Å². The van der Waals surface area contributed by atoms with Gasteiger partial charge in [-0.2, -0.15) is 11.8 Å². The molecule has 0 aliphatic carbocycles. The Morgan fingerprint density at radius 1 is 1.36 bits per heavy atom. The number of thioether (sulfide) groups is 1. The maximum atomic E-state index is 5.84. The van der Waals surface area contributed by atoms with Gasteiger partial charge in [0.05, 0.1) is 0 Å². The lowest BCUT2D eigenvalue weighted by atomic mass is 10.0. The molecule has 1 fully saturated rings. The van der Waals surface area contributed by atoms with E-state index in [-0.39, 0.29) is 0 Å². The minimum absolute atomic E-state index is 0.699. The van der Waals surface area contributed by atoms with Crippen molar-refractivity contribution in [3.8, 4) is 5.88 Å². The van der Waals surface area contributed by atoms with Gasteiger partial charge in [-0.1, -0.05) is 0 Å². The van der Waals surface area contributed by atoms with Crippen molar-refractivity contribution in [1.82, 2.24) is 14.5 Å². The van der Waals surface area contributed by atoms with Gasteiger partial charge in [0.15, 0.2) is 5.65 Å². The number of aryl methyl sites for hydroxylation is 1. The van der Waals surface area contributed by atoms with Crippen molar-refractivity contribution >= 4 is 22.9 Å². The van der Waals surface area contributed by atoms with Gasteiger partial charge in [0.1, 0.15) is 17.1 Å². The van der Waals surface area contributed by atoms with Crippen LogP contribution in [0.25, 0.3) is 17.0 Å². The van der Waals surface area contributed by atoms with Gasteiger partial charge in [-0.3, -0.25) is 0 Å². The van der Waals surface area contributed by atoms with Gasteiger partial charge < -0.3 is 4.42 Å². The first kappa shape index (κ1) is 13.9. The molecule has 3 aromatic rings. The highest BCUT2D eigenvalue weighted by Crippen LogP contribution is 2.28. The van der Waals surface area contributed by atoms with E-state index in [0.29, 0.717) is 5.92 Å². The largest absolute Gasteiger partial charge is 0.445 e. The van der Waals surface area contributed by atoms with Crippen molar-refractivity contribution in [2.24, 2.45) is 5.92 Å². The molecule has 1 aliphatic rings. The maximum Gasteiger partial charge on any atom is 0.206 e. The topological polar surface area (TPSA) is 43.9 Å². The number of nitrogens with zero attached hydrogens (tertiary/aromatic N) is 3. The van der Waals surface area contributed by atoms with Crippen LogP contribution in [-0.2, 0) is 6.42 Å². The Hall–Kier alpha value is -1.75. The molecule has 0 bridgehead atoms. The summed E-state index contributed by atoms with van der Waals surface area (Å²) in [6.45, 7) is 1.97. The van der Waals surface area contributed by atoms with E-state index >= 15 is 0 Å². The Kier molecular flexibility index (Phi) is 3.66. The standard InChI is InChI=1S/C17H19N3OS/c1-12-6-7-16(21-12)20-15(10-13-4-3-9-22-11-13)19-14-5-2-8-18-17(14)20/h2,5-8,13H,3-4,9-11H2,1H3. The Balaban J connectivity index is 1.79. The third kappa shape index (κ3) is 2.54. The van der Waals surface area contributed by atoms with Gasteiger partial charge in [0.25, 0.3) is 0 Å². The minimum atomic E-state index is 0.699. The molecule has 0 saturated carbocycles. The van der Waals surface area contributed by atoms with E-state index in [0.717, 1.165) is 35.1 Å². The molecule has 1 saturated heterocycles. The van der Waals surface area contributed by atoms with Gasteiger partial charge in [-0.25, -0.2) is 14.5 Å². The van der Waals surface area contributed by atoms with E-state index in [9.17, 15) is 0 Å². The summed E-state index contributed by atoms with van der Waals surface area (Å²) in [6.07, 6.45) is 5.41. The van der Waals surface area contributed by atoms with Crippen LogP contribution in [0.15, 0.2) is 34.9 Å². The van der Waals surface area contributed by atoms with Crippen LogP contribution < -0.4 is 0 Å². The van der Waals surface area contributed by atoms with Crippen LogP contribution in [0, 0.1) is 12.8 Å². The van der Waals surface area contributed by atoms with Crippen LogP contribution in [-0.4, -0.2) is 26.0 Å². The van der Waals surface area contributed by atoms with Crippen molar-refractivity contribution in [3.63, 3.8) is 0 Å². The molecular weight excluding hydrogens is 294 g/mol. The number of pyridine rings is 1. The molecule has 1 unspecified atom stereocenters. The van der Waals surface area contributed by atoms with E-state index in [1.54, 1.807) is 0 Å². The quantitative estimate of drug-likeness (QED) is 0.733. The predicted molar refractivity (Wildman–Crippen MR) is 89.6 cm³/mol. The highest BCUT2D eigenvalue weighted by Gasteiger charge is 2.21. The average molecular weight is 313 g/mol. The third-order valence-corrected chi connectivity index (χ3v) is 5.44. The molecule has 0 radical (unpaired) electrons. The number of hydrogen-bond acceptors (Lipinski definition) is 4. The lowest BCUT2D eigenvalue weighted by Crippen LogP contribution is -2.15. The molecule has 4 heterocycles. The van der Waals surface area contributed by atoms with Crippen LogP contribution in [0.5, 0.6) is 0 Å². The molecule has 114 valence electrons. The monoisotopic (exact) mass is 313 g/mol. The zero-order valence-electron chi connectivity index (χ0n) is 12.7. The highest BCUT2D eigenvalue weighted by molar-refractivity contribution is 7.99. The first-order valence-electron chi connectivity index (χ1n) is 7.78. The fourth-order valence-corrected chi connectivity index (χ4v) is 4.25. The van der Waals surface area contributed by atoms with Crippen LogP contribution in [0.1, 0.15) is 24.4 Å². The minimum Gasteiger partial charge on any atom is -0.445 e. The molecule has 1 atom stereocenters. The van der Waals surface area contributed by atoms with Crippen molar-refractivity contribution < 1.29 is 4.42 Å². The first-order chi connectivity index (χ1) is 10.8. The predicted octanol–water partition coefficient (Wildman–Crippen LogP) is 4.01. The fourth-order valence-electron chi connectivity index (χ4n) is 3.10. The number of furan rings is 1. The Bertz CT molecular complexity index is 786. The van der Waals surface area contributed by atoms with Gasteiger partial charge in [-0.15, -0.1) is 0 Å². The lowest BCUT2D eigenvalue weighted by Gasteiger charge is -2.20. The number of fused-ring (bicyclic) bond motifs is 1. The van der Waals surface area contributed by atoms with E-state index in [1.807, 2.05) is 37.4 Å². The van der Waals surface area contributed by atoms with E-state index in [2.05, 4.69) is 21.3 Å². The number of aromatic nitrogens is 3. The van der Waals surface area contributed by atoms with E-state index in [1.165, 1.54) is 24.3 Å². The summed E-state index contributed by atoms with van der Waals surface area (Å²) in [5.41, 5.74) is 1.82. The summed E-state index contributed by atoms with van der Waals surface area (Å²) >= 11 is 2.06. The Morgan fingerprint density at radius 3 is 3.09 bits per heavy atom. The molecule has 5 heteroatoms. The zero-order valence-corrected chi connectivity index (χ0v) is 13.5. The number of imidazole rings is 1. The summed E-state index contributed by atoms with van der Waals surface area (Å²) in [5.74, 6) is 6.02. The first-order valence-corrected chi connectivity index (χ1v) is 8.93.